The molecule has 1 unspecified atom stereocenters. The van der Waals surface area contributed by atoms with E-state index in [0.29, 0.717) is 11.1 Å². The molecule has 0 amide bonds. The van der Waals surface area contributed by atoms with Gasteiger partial charge < -0.3 is 14.4 Å². The van der Waals surface area contributed by atoms with E-state index in [2.05, 4.69) is 45.7 Å². The Morgan fingerprint density at radius 3 is 2.54 bits per heavy atom. The number of hydrogen-bond acceptors (Lipinski definition) is 6. The van der Waals surface area contributed by atoms with Crippen molar-refractivity contribution in [1.82, 2.24) is 19.7 Å². The van der Waals surface area contributed by atoms with E-state index >= 15 is 0 Å². The molecule has 28 heavy (non-hydrogen) atoms. The van der Waals surface area contributed by atoms with Crippen molar-refractivity contribution in [3.8, 4) is 5.19 Å². The van der Waals surface area contributed by atoms with E-state index in [1.807, 2.05) is 6.07 Å². The third-order valence-electron chi connectivity index (χ3n) is 5.12. The molecule has 0 aliphatic rings. The summed E-state index contributed by atoms with van der Waals surface area (Å²) in [4.78, 5) is 15.8. The van der Waals surface area contributed by atoms with Crippen LogP contribution in [0.15, 0.2) is 30.9 Å². The zero-order chi connectivity index (χ0) is 20.3. The lowest BCUT2D eigenvalue weighted by Gasteiger charge is -2.26. The summed E-state index contributed by atoms with van der Waals surface area (Å²) < 4.78 is 8.76. The first-order valence-corrected chi connectivity index (χ1v) is 10.3. The topological polar surface area (TPSA) is 90.1 Å². The highest BCUT2D eigenvalue weighted by molar-refractivity contribution is 7.20. The summed E-state index contributed by atoms with van der Waals surface area (Å²) in [5.74, 6) is -0.425. The number of hydrogen-bond donors (Lipinski definition) is 1. The van der Waals surface area contributed by atoms with E-state index in [1.54, 1.807) is 26.5 Å². The highest BCUT2D eigenvalue weighted by atomic mass is 32.1. The van der Waals surface area contributed by atoms with Crippen LogP contribution >= 0.6 is 11.3 Å². The Morgan fingerprint density at radius 2 is 1.93 bits per heavy atom. The monoisotopic (exact) mass is 402 g/mol. The number of carboxylic acid groups (broad SMARTS) is 1. The average Bonchev–Trinajstić information content (AvgIpc) is 3.33. The van der Waals surface area contributed by atoms with Crippen LogP contribution in [0.4, 0.5) is 0 Å². The van der Waals surface area contributed by atoms with Crippen LogP contribution in [0.1, 0.15) is 52.1 Å². The summed E-state index contributed by atoms with van der Waals surface area (Å²) in [7, 11) is 0. The van der Waals surface area contributed by atoms with E-state index in [4.69, 9.17) is 4.74 Å². The van der Waals surface area contributed by atoms with Crippen LogP contribution < -0.4 is 4.74 Å². The molecule has 3 rings (SSSR count). The maximum absolute atomic E-state index is 11.3. The molecule has 3 aromatic rings. The number of nitrogens with zero attached hydrogens (tertiary/aromatic N) is 4. The van der Waals surface area contributed by atoms with Crippen LogP contribution in [0, 0.1) is 11.3 Å². The molecule has 0 fully saturated rings. The first kappa shape index (κ1) is 20.3. The van der Waals surface area contributed by atoms with Gasteiger partial charge in [0.2, 0.25) is 0 Å². The molecular weight excluding hydrogens is 376 g/mol. The number of aliphatic carboxylic acids is 1. The quantitative estimate of drug-likeness (QED) is 0.570. The van der Waals surface area contributed by atoms with Gasteiger partial charge in [-0.05, 0) is 37.5 Å². The number of benzene rings is 1. The minimum Gasteiger partial charge on any atom is -0.481 e. The third kappa shape index (κ3) is 4.16. The van der Waals surface area contributed by atoms with E-state index in [1.165, 1.54) is 16.9 Å². The lowest BCUT2D eigenvalue weighted by molar-refractivity contribution is -0.148. The Hall–Kier alpha value is -2.48. The van der Waals surface area contributed by atoms with Gasteiger partial charge in [0.05, 0.1) is 21.7 Å². The van der Waals surface area contributed by atoms with Gasteiger partial charge in [0.25, 0.3) is 5.19 Å². The largest absolute Gasteiger partial charge is 0.481 e. The van der Waals surface area contributed by atoms with Crippen LogP contribution in [0.3, 0.4) is 0 Å². The molecule has 2 heterocycles. The summed E-state index contributed by atoms with van der Waals surface area (Å²) in [6.07, 6.45) is 5.64. The van der Waals surface area contributed by atoms with Crippen LogP contribution in [0.5, 0.6) is 5.19 Å². The number of rotatable bonds is 9. The molecule has 0 radical (unpaired) electrons. The maximum Gasteiger partial charge on any atom is 0.312 e. The Morgan fingerprint density at radius 1 is 1.25 bits per heavy atom. The van der Waals surface area contributed by atoms with E-state index in [-0.39, 0.29) is 12.6 Å². The van der Waals surface area contributed by atoms with Gasteiger partial charge in [0, 0.05) is 0 Å². The molecule has 150 valence electrons. The predicted molar refractivity (Wildman–Crippen MR) is 109 cm³/mol. The highest BCUT2D eigenvalue weighted by Gasteiger charge is 2.29. The van der Waals surface area contributed by atoms with Crippen molar-refractivity contribution in [1.29, 1.82) is 0 Å². The van der Waals surface area contributed by atoms with Gasteiger partial charge in [-0.1, -0.05) is 44.1 Å². The SMILES string of the molecule is CCC(CC)C(c1ccc2nc(OCC(C)(C)C(=O)O)sc2c1)n1cnnc1. The number of aromatic nitrogens is 4. The summed E-state index contributed by atoms with van der Waals surface area (Å²) in [5.41, 5.74) is 1.07. The highest BCUT2D eigenvalue weighted by Crippen LogP contribution is 2.35. The summed E-state index contributed by atoms with van der Waals surface area (Å²) in [6.45, 7) is 7.76. The molecule has 0 bridgehead atoms. The van der Waals surface area contributed by atoms with Gasteiger partial charge in [0.1, 0.15) is 19.3 Å². The second-order valence-electron chi connectivity index (χ2n) is 7.62. The number of ether oxygens (including phenoxy) is 1. The molecular formula is C20H26N4O3S. The van der Waals surface area contributed by atoms with Crippen LogP contribution in [-0.2, 0) is 4.79 Å². The second kappa shape index (κ2) is 8.26. The van der Waals surface area contributed by atoms with Crippen LogP contribution in [0.25, 0.3) is 10.2 Å². The van der Waals surface area contributed by atoms with E-state index in [9.17, 15) is 9.90 Å². The van der Waals surface area contributed by atoms with E-state index < -0.39 is 11.4 Å². The molecule has 0 aliphatic carbocycles. The lowest BCUT2D eigenvalue weighted by atomic mass is 9.88. The van der Waals surface area contributed by atoms with Gasteiger partial charge in [-0.2, -0.15) is 0 Å². The Bertz CT molecular complexity index is 932. The lowest BCUT2D eigenvalue weighted by Crippen LogP contribution is -2.30. The van der Waals surface area contributed by atoms with Gasteiger partial charge in [-0.3, -0.25) is 4.79 Å². The smallest absolute Gasteiger partial charge is 0.312 e. The number of carbonyl (C=O) groups is 1. The second-order valence-corrected chi connectivity index (χ2v) is 8.61. The first-order chi connectivity index (χ1) is 13.4. The van der Waals surface area contributed by atoms with Crippen LogP contribution in [-0.4, -0.2) is 37.4 Å². The molecule has 1 aromatic carbocycles. The Balaban J connectivity index is 1.89. The van der Waals surface area contributed by atoms with Gasteiger partial charge in [-0.15, -0.1) is 10.2 Å². The van der Waals surface area contributed by atoms with Crippen molar-refractivity contribution in [2.45, 2.75) is 46.6 Å². The number of carboxylic acids is 1. The maximum atomic E-state index is 11.3. The van der Waals surface area contributed by atoms with Crippen molar-refractivity contribution >= 4 is 27.5 Å². The summed E-state index contributed by atoms with van der Waals surface area (Å²) in [6, 6.07) is 6.39. The van der Waals surface area contributed by atoms with Crippen molar-refractivity contribution < 1.29 is 14.6 Å². The van der Waals surface area contributed by atoms with Crippen molar-refractivity contribution in [3.05, 3.63) is 36.4 Å². The van der Waals surface area contributed by atoms with Crippen molar-refractivity contribution in [3.63, 3.8) is 0 Å². The summed E-state index contributed by atoms with van der Waals surface area (Å²) in [5, 5.41) is 17.7. The third-order valence-corrected chi connectivity index (χ3v) is 6.05. The van der Waals surface area contributed by atoms with E-state index in [0.717, 1.165) is 23.1 Å². The van der Waals surface area contributed by atoms with Gasteiger partial charge >= 0.3 is 5.97 Å². The Kier molecular flexibility index (Phi) is 5.98. The molecule has 2 aromatic heterocycles. The molecule has 0 saturated heterocycles. The fraction of sp³-hybridized carbons (Fsp3) is 0.500. The molecule has 0 spiro atoms. The molecule has 1 atom stereocenters. The van der Waals surface area contributed by atoms with Gasteiger partial charge in [0.15, 0.2) is 0 Å². The average molecular weight is 403 g/mol. The molecule has 0 saturated carbocycles. The van der Waals surface area contributed by atoms with Crippen LogP contribution in [0.2, 0.25) is 0 Å². The molecule has 0 aliphatic heterocycles. The predicted octanol–water partition coefficient (Wildman–Crippen LogP) is 4.40. The van der Waals surface area contributed by atoms with Crippen molar-refractivity contribution in [2.75, 3.05) is 6.61 Å². The molecule has 1 N–H and O–H groups in total. The fourth-order valence-electron chi connectivity index (χ4n) is 3.24. The number of fused-ring (bicyclic) bond motifs is 1. The van der Waals surface area contributed by atoms with Crippen molar-refractivity contribution in [2.24, 2.45) is 11.3 Å². The molecule has 7 nitrogen and oxygen atoms in total. The Labute approximate surface area is 168 Å². The summed E-state index contributed by atoms with van der Waals surface area (Å²) >= 11 is 1.44. The normalized spacial score (nSPS) is 13.2. The minimum atomic E-state index is -0.960. The fourth-order valence-corrected chi connectivity index (χ4v) is 4.11. The molecule has 8 heteroatoms. The zero-order valence-electron chi connectivity index (χ0n) is 16.6. The van der Waals surface area contributed by atoms with Gasteiger partial charge in [-0.25, -0.2) is 4.98 Å². The first-order valence-electron chi connectivity index (χ1n) is 9.46. The standard InChI is InChI=1S/C20H26N4O3S/c1-5-13(6-2)17(24-11-21-22-12-24)14-7-8-15-16(9-14)28-19(23-15)27-10-20(3,4)18(25)26/h7-9,11-13,17H,5-6,10H2,1-4H3,(H,25,26). The minimum absolute atomic E-state index is 0.0755. The number of thiazole rings is 1. The zero-order valence-corrected chi connectivity index (χ0v) is 17.4.